The third-order valence-electron chi connectivity index (χ3n) is 10.7. The smallest absolute Gasteiger partial charge is 0.790 e. The Labute approximate surface area is 438 Å². The molecule has 62 heavy (non-hydrogen) atoms. The second kappa shape index (κ2) is 41.9. The van der Waals surface area contributed by atoms with Gasteiger partial charge in [0.15, 0.2) is 6.10 Å². The first-order valence-corrected chi connectivity index (χ1v) is 25.5. The Bertz CT molecular complexity index is 1190. The van der Waals surface area contributed by atoms with Gasteiger partial charge in [-0.1, -0.05) is 168 Å². The first kappa shape index (κ1) is 68.3. The van der Waals surface area contributed by atoms with Crippen LogP contribution in [0.4, 0.5) is 0 Å². The van der Waals surface area contributed by atoms with E-state index >= 15 is 0 Å². The summed E-state index contributed by atoms with van der Waals surface area (Å²) in [6.45, 7) is 2.97. The summed E-state index contributed by atoms with van der Waals surface area (Å²) >= 11 is 0. The van der Waals surface area contributed by atoms with Gasteiger partial charge < -0.3 is 62.7 Å². The van der Waals surface area contributed by atoms with Crippen molar-refractivity contribution >= 4 is 27.6 Å². The zero-order chi connectivity index (χ0) is 43.9. The van der Waals surface area contributed by atoms with Crippen LogP contribution in [0.15, 0.2) is 0 Å². The van der Waals surface area contributed by atoms with Crippen molar-refractivity contribution in [1.29, 1.82) is 0 Å². The average Bonchev–Trinajstić information content (AvgIpc) is 3.18. The molecule has 0 amide bonds. The van der Waals surface area contributed by atoms with Gasteiger partial charge in [0.2, 0.25) is 0 Å². The number of hydrogen-bond acceptors (Lipinski definition) is 16. The van der Waals surface area contributed by atoms with E-state index in [0.717, 1.165) is 51.4 Å². The number of aliphatic hydroxyl groups is 4. The molecule has 0 radical (unpaired) electrons. The summed E-state index contributed by atoms with van der Waals surface area (Å²) in [5, 5.41) is 40.9. The molecule has 1 aliphatic carbocycles. The number of aliphatic hydroxyl groups excluding tert-OH is 4. The largest absolute Gasteiger partial charge is 1.00 e. The number of unbranched alkanes of at least 4 members (excludes halogenated alkanes) is 24. The van der Waals surface area contributed by atoms with Crippen LogP contribution >= 0.6 is 15.6 Å². The minimum Gasteiger partial charge on any atom is -0.790 e. The van der Waals surface area contributed by atoms with Gasteiger partial charge in [0.25, 0.3) is 7.82 Å². The number of phosphoric ester groups is 2. The van der Waals surface area contributed by atoms with Crippen molar-refractivity contribution < 1.29 is 166 Å². The van der Waals surface area contributed by atoms with E-state index < -0.39 is 83.5 Å². The Morgan fingerprint density at radius 2 is 0.823 bits per heavy atom. The Balaban J connectivity index is -0.0000116. The third-order valence-corrected chi connectivity index (χ3v) is 12.1. The second-order valence-electron chi connectivity index (χ2n) is 16.1. The van der Waals surface area contributed by atoms with E-state index in [1.165, 1.54) is 103 Å². The van der Waals surface area contributed by atoms with Crippen molar-refractivity contribution in [3.63, 3.8) is 0 Å². The first-order chi connectivity index (χ1) is 28.1. The Hall–Kier alpha value is 2.00. The van der Waals surface area contributed by atoms with E-state index in [9.17, 15) is 53.8 Å². The van der Waals surface area contributed by atoms with Gasteiger partial charge in [0, 0.05) is 12.8 Å². The molecular formula is C41H77Na3O16P2. The Morgan fingerprint density at radius 1 is 0.484 bits per heavy atom. The monoisotopic (exact) mass is 956 g/mol. The zero-order valence-corrected chi connectivity index (χ0v) is 46.6. The van der Waals surface area contributed by atoms with Crippen LogP contribution < -0.4 is 103 Å². The summed E-state index contributed by atoms with van der Waals surface area (Å²) in [6, 6.07) is 0. The number of esters is 2. The molecule has 0 aliphatic heterocycles. The molecule has 1 saturated carbocycles. The molecule has 8 unspecified atom stereocenters. The number of phosphoric acid groups is 2. The second-order valence-corrected chi connectivity index (χ2v) is 18.5. The molecule has 0 aromatic carbocycles. The van der Waals surface area contributed by atoms with Crippen LogP contribution in [0.5, 0.6) is 0 Å². The molecule has 1 rings (SSSR count). The molecule has 0 heterocycles. The van der Waals surface area contributed by atoms with E-state index in [1.807, 2.05) is 0 Å². The first-order valence-electron chi connectivity index (χ1n) is 22.5. The van der Waals surface area contributed by atoms with E-state index in [1.54, 1.807) is 0 Å². The van der Waals surface area contributed by atoms with Gasteiger partial charge in [-0.15, -0.1) is 0 Å². The zero-order valence-electron chi connectivity index (χ0n) is 38.8. The summed E-state index contributed by atoms with van der Waals surface area (Å²) in [5.74, 6) is -1.25. The normalized spacial score (nSPS) is 21.4. The maximum Gasteiger partial charge on any atom is 1.00 e. The van der Waals surface area contributed by atoms with Gasteiger partial charge in [-0.25, -0.2) is 0 Å². The van der Waals surface area contributed by atoms with Crippen molar-refractivity contribution in [3.05, 3.63) is 0 Å². The fraction of sp³-hybridized carbons (Fsp3) is 0.951. The molecule has 0 aromatic rings. The SMILES string of the molecule is CCCCCCCCCCCCCCCC(=O)OCC(COP(=O)([O-])OC1C(O)C(O)C(O)C(OP(=O)([O-])[O-])C1O)OC(=O)CCCCCCCCCCCCCCC.[Na+].[Na+].[Na+]. The fourth-order valence-corrected chi connectivity index (χ4v) is 8.63. The van der Waals surface area contributed by atoms with Gasteiger partial charge in [0.05, 0.1) is 14.4 Å². The summed E-state index contributed by atoms with van der Waals surface area (Å²) in [6.07, 6.45) is 14.0. The summed E-state index contributed by atoms with van der Waals surface area (Å²) in [4.78, 5) is 60.4. The molecule has 1 fully saturated rings. The number of rotatable bonds is 38. The van der Waals surface area contributed by atoms with Gasteiger partial charge in [0.1, 0.15) is 43.2 Å². The number of carbonyl (C=O) groups excluding carboxylic acids is 2. The molecule has 4 N–H and O–H groups in total. The molecule has 8 atom stereocenters. The molecular weight excluding hydrogens is 879 g/mol. The summed E-state index contributed by atoms with van der Waals surface area (Å²) < 4.78 is 48.3. The van der Waals surface area contributed by atoms with Gasteiger partial charge in [-0.2, -0.15) is 0 Å². The van der Waals surface area contributed by atoms with Crippen molar-refractivity contribution in [2.24, 2.45) is 0 Å². The molecule has 350 valence electrons. The van der Waals surface area contributed by atoms with Crippen LogP contribution in [-0.2, 0) is 41.8 Å². The molecule has 0 aromatic heterocycles. The van der Waals surface area contributed by atoms with Crippen LogP contribution in [0, 0.1) is 0 Å². The molecule has 16 nitrogen and oxygen atoms in total. The summed E-state index contributed by atoms with van der Waals surface area (Å²) in [5.41, 5.74) is 0. The predicted octanol–water partition coefficient (Wildman–Crippen LogP) is -3.04. The maximum absolute atomic E-state index is 12.8. The van der Waals surface area contributed by atoms with Crippen molar-refractivity contribution in [3.8, 4) is 0 Å². The minimum atomic E-state index is -5.87. The van der Waals surface area contributed by atoms with Gasteiger partial charge in [-0.05, 0) is 12.8 Å². The van der Waals surface area contributed by atoms with Crippen molar-refractivity contribution in [2.45, 2.75) is 236 Å². The van der Waals surface area contributed by atoms with Crippen LogP contribution in [0.3, 0.4) is 0 Å². The average molecular weight is 957 g/mol. The molecule has 1 aliphatic rings. The summed E-state index contributed by atoms with van der Waals surface area (Å²) in [7, 11) is -11.4. The van der Waals surface area contributed by atoms with Crippen LogP contribution in [0.2, 0.25) is 0 Å². The van der Waals surface area contributed by atoms with Crippen LogP contribution in [0.1, 0.15) is 194 Å². The van der Waals surface area contributed by atoms with E-state index in [2.05, 4.69) is 18.4 Å². The van der Waals surface area contributed by atoms with Crippen molar-refractivity contribution in [1.82, 2.24) is 0 Å². The molecule has 0 spiro atoms. The third kappa shape index (κ3) is 35.2. The van der Waals surface area contributed by atoms with E-state index in [4.69, 9.17) is 18.5 Å². The predicted molar refractivity (Wildman–Crippen MR) is 216 cm³/mol. The standard InChI is InChI=1S/C41H80O16P2.3Na/c1-3-5-7-9-11-13-15-17-19-21-23-25-27-29-34(42)53-31-33(55-35(43)30-28-26-24-22-20-18-16-14-12-10-8-6-4-2)32-54-59(51,52)57-41-38(46)36(44)37(45)40(39(41)47)56-58(48,49)50;;;/h33,36-41,44-47H,3-32H2,1-2H3,(H,51,52)(H2,48,49,50);;;/q;3*+1/p-3. The van der Waals surface area contributed by atoms with Gasteiger partial charge in [-0.3, -0.25) is 14.2 Å². The van der Waals surface area contributed by atoms with Crippen LogP contribution in [-0.4, -0.2) is 88.3 Å². The topological polar surface area (TPSA) is 265 Å². The molecule has 0 bridgehead atoms. The molecule has 21 heteroatoms. The minimum absolute atomic E-state index is 0. The Morgan fingerprint density at radius 3 is 1.19 bits per heavy atom. The van der Waals surface area contributed by atoms with E-state index in [0.29, 0.717) is 12.8 Å². The number of hydrogen-bond donors (Lipinski definition) is 4. The number of ether oxygens (including phenoxy) is 2. The van der Waals surface area contributed by atoms with E-state index in [-0.39, 0.29) is 102 Å². The van der Waals surface area contributed by atoms with Gasteiger partial charge >= 0.3 is 101 Å². The Kier molecular flexibility index (Phi) is 46.2. The molecule has 0 saturated heterocycles. The quantitative estimate of drug-likeness (QED) is 0.0208. The van der Waals surface area contributed by atoms with Crippen LogP contribution in [0.25, 0.3) is 0 Å². The van der Waals surface area contributed by atoms with Crippen molar-refractivity contribution in [2.75, 3.05) is 13.2 Å². The fourth-order valence-electron chi connectivity index (χ4n) is 7.13. The number of carbonyl (C=O) groups is 2. The maximum atomic E-state index is 12.8.